The van der Waals surface area contributed by atoms with Crippen LogP contribution < -0.4 is 5.43 Å². The number of hydrazone groups is 1. The van der Waals surface area contributed by atoms with Crippen LogP contribution in [-0.2, 0) is 0 Å². The first-order valence-corrected chi connectivity index (χ1v) is 9.43. The predicted molar refractivity (Wildman–Crippen MR) is 112 cm³/mol. The number of nitrogens with one attached hydrogen (secondary N) is 1. The third-order valence-electron chi connectivity index (χ3n) is 3.99. The summed E-state index contributed by atoms with van der Waals surface area (Å²) in [5.74, 6) is -0.372. The van der Waals surface area contributed by atoms with Crippen LogP contribution in [0.2, 0.25) is 5.02 Å². The second-order valence-corrected chi connectivity index (χ2v) is 7.28. The van der Waals surface area contributed by atoms with E-state index in [1.807, 2.05) is 30.3 Å². The van der Waals surface area contributed by atoms with Gasteiger partial charge in [0.25, 0.3) is 0 Å². The number of carboxylic acids is 1. The lowest BCUT2D eigenvalue weighted by molar-refractivity contribution is 0.0697. The molecule has 0 aliphatic heterocycles. The number of rotatable bonds is 5. The molecule has 6 nitrogen and oxygen atoms in total. The number of nitrogens with zero attached hydrogens (tertiary/aromatic N) is 3. The highest BCUT2D eigenvalue weighted by molar-refractivity contribution is 7.22. The van der Waals surface area contributed by atoms with Gasteiger partial charge in [-0.3, -0.25) is 5.43 Å². The largest absolute Gasteiger partial charge is 0.478 e. The van der Waals surface area contributed by atoms with Crippen LogP contribution in [0, 0.1) is 0 Å². The van der Waals surface area contributed by atoms with Crippen LogP contribution in [-0.4, -0.2) is 27.3 Å². The van der Waals surface area contributed by atoms with Crippen LogP contribution in [0.5, 0.6) is 0 Å². The van der Waals surface area contributed by atoms with Crippen molar-refractivity contribution in [3.05, 3.63) is 77.1 Å². The van der Waals surface area contributed by atoms with Gasteiger partial charge < -0.3 is 5.11 Å². The topological polar surface area (TPSA) is 87.5 Å². The summed E-state index contributed by atoms with van der Waals surface area (Å²) in [7, 11) is 0. The molecule has 0 bridgehead atoms. The zero-order chi connectivity index (χ0) is 19.5. The Morgan fingerprint density at radius 1 is 1.14 bits per heavy atom. The van der Waals surface area contributed by atoms with Gasteiger partial charge in [0.15, 0.2) is 5.82 Å². The van der Waals surface area contributed by atoms with Crippen LogP contribution >= 0.6 is 22.9 Å². The maximum Gasteiger partial charge on any atom is 0.335 e. The third-order valence-corrected chi connectivity index (χ3v) is 5.49. The van der Waals surface area contributed by atoms with E-state index in [1.165, 1.54) is 29.8 Å². The van der Waals surface area contributed by atoms with Crippen molar-refractivity contribution in [1.29, 1.82) is 0 Å². The number of benzene rings is 2. The van der Waals surface area contributed by atoms with Gasteiger partial charge in [0.1, 0.15) is 6.33 Å². The highest BCUT2D eigenvalue weighted by Gasteiger charge is 2.11. The molecule has 2 aromatic carbocycles. The fraction of sp³-hybridized carbons (Fsp3) is 0. The maximum atomic E-state index is 10.9. The van der Waals surface area contributed by atoms with Gasteiger partial charge >= 0.3 is 5.97 Å². The van der Waals surface area contributed by atoms with E-state index in [2.05, 4.69) is 20.5 Å². The van der Waals surface area contributed by atoms with E-state index in [4.69, 9.17) is 16.7 Å². The van der Waals surface area contributed by atoms with E-state index in [0.29, 0.717) is 10.8 Å². The zero-order valence-corrected chi connectivity index (χ0v) is 15.9. The van der Waals surface area contributed by atoms with Crippen molar-refractivity contribution >= 4 is 51.2 Å². The monoisotopic (exact) mass is 408 g/mol. The molecule has 0 saturated carbocycles. The highest BCUT2D eigenvalue weighted by atomic mass is 35.5. The molecule has 0 radical (unpaired) electrons. The van der Waals surface area contributed by atoms with Crippen LogP contribution in [0.1, 0.15) is 15.9 Å². The summed E-state index contributed by atoms with van der Waals surface area (Å²) in [4.78, 5) is 20.5. The van der Waals surface area contributed by atoms with Gasteiger partial charge in [-0.1, -0.05) is 41.9 Å². The highest BCUT2D eigenvalue weighted by Crippen LogP contribution is 2.38. The first-order valence-electron chi connectivity index (χ1n) is 8.24. The standard InChI is InChI=1S/C20H13ClN4O2S/c21-15-4-2-1-3-14(15)17-9-16-18(28-17)19(23-11-22-16)25-24-10-12-5-7-13(8-6-12)20(26)27/h1-11H,(H,26,27)(H,22,23,25)/b24-10+. The quantitative estimate of drug-likeness (QED) is 0.352. The summed E-state index contributed by atoms with van der Waals surface area (Å²) in [6.45, 7) is 0. The minimum atomic E-state index is -0.961. The molecule has 0 unspecified atom stereocenters. The van der Waals surface area contributed by atoms with E-state index in [1.54, 1.807) is 18.3 Å². The molecule has 2 N–H and O–H groups in total. The average molecular weight is 409 g/mol. The number of thiophene rings is 1. The molecule has 0 saturated heterocycles. The van der Waals surface area contributed by atoms with Crippen LogP contribution in [0.4, 0.5) is 5.82 Å². The molecule has 0 spiro atoms. The Hall–Kier alpha value is -3.29. The number of aromatic carboxylic acids is 1. The normalized spacial score (nSPS) is 11.2. The molecule has 138 valence electrons. The molecule has 4 aromatic rings. The molecule has 4 rings (SSSR count). The molecule has 0 atom stereocenters. The van der Waals surface area contributed by atoms with E-state index in [9.17, 15) is 4.79 Å². The maximum absolute atomic E-state index is 10.9. The Morgan fingerprint density at radius 2 is 1.93 bits per heavy atom. The Morgan fingerprint density at radius 3 is 2.68 bits per heavy atom. The minimum absolute atomic E-state index is 0.230. The number of hydrogen-bond acceptors (Lipinski definition) is 6. The number of anilines is 1. The summed E-state index contributed by atoms with van der Waals surface area (Å²) in [6.07, 6.45) is 3.08. The van der Waals surface area contributed by atoms with Crippen LogP contribution in [0.3, 0.4) is 0 Å². The van der Waals surface area contributed by atoms with Crippen molar-refractivity contribution in [1.82, 2.24) is 9.97 Å². The third kappa shape index (κ3) is 3.71. The number of hydrogen-bond donors (Lipinski definition) is 2. The Balaban J connectivity index is 1.59. The first-order chi connectivity index (χ1) is 13.6. The van der Waals surface area contributed by atoms with Gasteiger partial charge in [0.05, 0.1) is 22.0 Å². The average Bonchev–Trinajstić information content (AvgIpc) is 3.13. The van der Waals surface area contributed by atoms with Gasteiger partial charge in [-0.2, -0.15) is 5.10 Å². The molecule has 28 heavy (non-hydrogen) atoms. The van der Waals surface area contributed by atoms with Crippen molar-refractivity contribution in [2.75, 3.05) is 5.43 Å². The first kappa shape index (κ1) is 18.1. The Kier molecular flexibility index (Phi) is 5.01. The van der Waals surface area contributed by atoms with Gasteiger partial charge in [-0.25, -0.2) is 14.8 Å². The fourth-order valence-electron chi connectivity index (χ4n) is 2.61. The number of carbonyl (C=O) groups is 1. The molecule has 0 fully saturated rings. The summed E-state index contributed by atoms with van der Waals surface area (Å²) in [6, 6.07) is 16.1. The fourth-order valence-corrected chi connectivity index (χ4v) is 3.99. The molecule has 0 aliphatic rings. The predicted octanol–water partition coefficient (Wildman–Crippen LogP) is 5.16. The molecule has 0 aliphatic carbocycles. The number of halogens is 1. The van der Waals surface area contributed by atoms with Crippen molar-refractivity contribution in [3.63, 3.8) is 0 Å². The van der Waals surface area contributed by atoms with Crippen molar-refractivity contribution in [2.24, 2.45) is 5.10 Å². The molecular formula is C20H13ClN4O2S. The summed E-state index contributed by atoms with van der Waals surface area (Å²) in [5.41, 5.74) is 5.68. The summed E-state index contributed by atoms with van der Waals surface area (Å²) >= 11 is 7.83. The molecule has 2 aromatic heterocycles. The number of fused-ring (bicyclic) bond motifs is 1. The van der Waals surface area contributed by atoms with Crippen molar-refractivity contribution < 1.29 is 9.90 Å². The molecular weight excluding hydrogens is 396 g/mol. The number of carboxylic acid groups (broad SMARTS) is 1. The second-order valence-electron chi connectivity index (χ2n) is 5.82. The lowest BCUT2D eigenvalue weighted by Gasteiger charge is -2.00. The summed E-state index contributed by atoms with van der Waals surface area (Å²) in [5, 5.41) is 13.8. The Bertz CT molecular complexity index is 1190. The Labute approximate surface area is 169 Å². The molecule has 8 heteroatoms. The molecule has 2 heterocycles. The van der Waals surface area contributed by atoms with Crippen molar-refractivity contribution in [2.45, 2.75) is 0 Å². The van der Waals surface area contributed by atoms with Gasteiger partial charge in [0.2, 0.25) is 0 Å². The second kappa shape index (κ2) is 7.75. The van der Waals surface area contributed by atoms with Crippen LogP contribution in [0.15, 0.2) is 66.0 Å². The van der Waals surface area contributed by atoms with E-state index >= 15 is 0 Å². The van der Waals surface area contributed by atoms with Gasteiger partial charge in [-0.05, 0) is 29.8 Å². The van der Waals surface area contributed by atoms with Gasteiger partial charge in [-0.15, -0.1) is 11.3 Å². The lowest BCUT2D eigenvalue weighted by Crippen LogP contribution is -1.97. The van der Waals surface area contributed by atoms with E-state index in [0.717, 1.165) is 26.2 Å². The smallest absolute Gasteiger partial charge is 0.335 e. The lowest BCUT2D eigenvalue weighted by atomic mass is 10.1. The minimum Gasteiger partial charge on any atom is -0.478 e. The number of aromatic nitrogens is 2. The van der Waals surface area contributed by atoms with Gasteiger partial charge in [0, 0.05) is 15.5 Å². The zero-order valence-electron chi connectivity index (χ0n) is 14.3. The van der Waals surface area contributed by atoms with E-state index < -0.39 is 5.97 Å². The van der Waals surface area contributed by atoms with E-state index in [-0.39, 0.29) is 5.56 Å². The van der Waals surface area contributed by atoms with Crippen LogP contribution in [0.25, 0.3) is 20.7 Å². The van der Waals surface area contributed by atoms with Crippen molar-refractivity contribution in [3.8, 4) is 10.4 Å². The molecule has 0 amide bonds. The summed E-state index contributed by atoms with van der Waals surface area (Å²) < 4.78 is 0.871. The SMILES string of the molecule is O=C(O)c1ccc(/C=N/Nc2ncnc3cc(-c4ccccc4Cl)sc23)cc1.